The molecule has 1 atom stereocenters. The summed E-state index contributed by atoms with van der Waals surface area (Å²) in [6.45, 7) is -0.147. The molecule has 0 aliphatic heterocycles. The number of non-ortho nitro benzene ring substituents is 1. The van der Waals surface area contributed by atoms with Crippen molar-refractivity contribution in [1.29, 1.82) is 0 Å². The van der Waals surface area contributed by atoms with E-state index in [0.717, 1.165) is 47.2 Å². The van der Waals surface area contributed by atoms with Crippen molar-refractivity contribution in [2.24, 2.45) is 0 Å². The lowest BCUT2D eigenvalue weighted by Gasteiger charge is -2.27. The molecule has 0 saturated carbocycles. The van der Waals surface area contributed by atoms with Crippen molar-refractivity contribution >= 4 is 75.1 Å². The second kappa shape index (κ2) is 11.2. The number of fused-ring (bicyclic) bond motifs is 3. The van der Waals surface area contributed by atoms with Crippen LogP contribution in [0.15, 0.2) is 98.8 Å². The summed E-state index contributed by atoms with van der Waals surface area (Å²) < 4.78 is 37.7. The van der Waals surface area contributed by atoms with Crippen LogP contribution in [0.3, 0.4) is 0 Å². The van der Waals surface area contributed by atoms with Gasteiger partial charge in [0.1, 0.15) is 5.75 Å². The smallest absolute Gasteiger partial charge is 0.269 e. The SMILES string of the molecule is COc1ccc(N(CC(O)Cn2c3ccc(Br)cc3c3cc(Br)ccc32)S(=O)(=O)c2ccc([N+](=O)[O-])cc2)cc1. The highest BCUT2D eigenvalue weighted by atomic mass is 79.9. The number of nitro groups is 1. The minimum absolute atomic E-state index is 0.117. The molecule has 9 nitrogen and oxygen atoms in total. The fourth-order valence-corrected chi connectivity index (χ4v) is 6.89. The molecule has 1 unspecified atom stereocenters. The Morgan fingerprint density at radius 1 is 0.925 bits per heavy atom. The lowest BCUT2D eigenvalue weighted by Crippen LogP contribution is -2.39. The standard InChI is InChI=1S/C28H23Br2N3O6S/c1-39-23-8-4-20(5-9-23)32(40(37,38)24-10-6-21(7-11-24)33(35)36)17-22(34)16-31-27-12-2-18(29)14-25(27)26-15-19(30)3-13-28(26)31/h2-15,22,34H,16-17H2,1H3. The Balaban J connectivity index is 1.54. The van der Waals surface area contributed by atoms with Crippen LogP contribution in [-0.4, -0.2) is 42.8 Å². The van der Waals surface area contributed by atoms with Gasteiger partial charge in [-0.3, -0.25) is 14.4 Å². The zero-order valence-corrected chi connectivity index (χ0v) is 25.1. The monoisotopic (exact) mass is 687 g/mol. The van der Waals surface area contributed by atoms with Crippen LogP contribution >= 0.6 is 31.9 Å². The lowest BCUT2D eigenvalue weighted by atomic mass is 10.2. The molecule has 12 heteroatoms. The zero-order valence-electron chi connectivity index (χ0n) is 21.1. The highest BCUT2D eigenvalue weighted by Gasteiger charge is 2.28. The number of anilines is 1. The summed E-state index contributed by atoms with van der Waals surface area (Å²) in [6, 6.07) is 22.9. The van der Waals surface area contributed by atoms with E-state index in [1.165, 1.54) is 19.2 Å². The molecule has 0 aliphatic rings. The van der Waals surface area contributed by atoms with E-state index >= 15 is 0 Å². The zero-order chi connectivity index (χ0) is 28.6. The average Bonchev–Trinajstić information content (AvgIpc) is 3.23. The molecule has 0 spiro atoms. The lowest BCUT2D eigenvalue weighted by molar-refractivity contribution is -0.384. The van der Waals surface area contributed by atoms with Gasteiger partial charge in [0, 0.05) is 42.9 Å². The first-order chi connectivity index (χ1) is 19.1. The van der Waals surface area contributed by atoms with Crippen molar-refractivity contribution in [1.82, 2.24) is 4.57 Å². The van der Waals surface area contributed by atoms with Gasteiger partial charge < -0.3 is 14.4 Å². The minimum Gasteiger partial charge on any atom is -0.497 e. The summed E-state index contributed by atoms with van der Waals surface area (Å²) in [5.41, 5.74) is 1.88. The van der Waals surface area contributed by atoms with Gasteiger partial charge in [-0.15, -0.1) is 0 Å². The van der Waals surface area contributed by atoms with Gasteiger partial charge in [-0.25, -0.2) is 8.42 Å². The molecule has 0 amide bonds. The number of halogens is 2. The van der Waals surface area contributed by atoms with Gasteiger partial charge in [0.2, 0.25) is 0 Å². The summed E-state index contributed by atoms with van der Waals surface area (Å²) >= 11 is 7.06. The Morgan fingerprint density at radius 3 is 1.98 bits per heavy atom. The van der Waals surface area contributed by atoms with Crippen LogP contribution in [0.4, 0.5) is 11.4 Å². The molecule has 0 aliphatic carbocycles. The minimum atomic E-state index is -4.20. The van der Waals surface area contributed by atoms with Crippen molar-refractivity contribution in [3.05, 3.63) is 104 Å². The van der Waals surface area contributed by atoms with Crippen LogP contribution in [0, 0.1) is 10.1 Å². The molecule has 0 fully saturated rings. The molecule has 4 aromatic carbocycles. The number of nitro benzene ring substituents is 1. The normalized spacial score (nSPS) is 12.5. The molecule has 1 N–H and O–H groups in total. The largest absolute Gasteiger partial charge is 0.497 e. The molecule has 206 valence electrons. The van der Waals surface area contributed by atoms with E-state index in [-0.39, 0.29) is 23.7 Å². The summed E-state index contributed by atoms with van der Waals surface area (Å²) in [7, 11) is -2.69. The number of rotatable bonds is 9. The molecule has 0 saturated heterocycles. The first-order valence-electron chi connectivity index (χ1n) is 12.0. The summed E-state index contributed by atoms with van der Waals surface area (Å²) in [6.07, 6.45) is -1.11. The third kappa shape index (κ3) is 5.44. The van der Waals surface area contributed by atoms with Gasteiger partial charge in [-0.05, 0) is 72.8 Å². The molecular weight excluding hydrogens is 666 g/mol. The predicted molar refractivity (Wildman–Crippen MR) is 161 cm³/mol. The second-order valence-electron chi connectivity index (χ2n) is 9.07. The third-order valence-electron chi connectivity index (χ3n) is 6.55. The number of methoxy groups -OCH3 is 1. The summed E-state index contributed by atoms with van der Waals surface area (Å²) in [4.78, 5) is 10.4. The fourth-order valence-electron chi connectivity index (χ4n) is 4.66. The van der Waals surface area contributed by atoms with E-state index < -0.39 is 21.1 Å². The third-order valence-corrected chi connectivity index (χ3v) is 9.35. The summed E-state index contributed by atoms with van der Waals surface area (Å²) in [5.74, 6) is 0.541. The van der Waals surface area contributed by atoms with Crippen molar-refractivity contribution < 1.29 is 23.2 Å². The van der Waals surface area contributed by atoms with Crippen LogP contribution in [0.5, 0.6) is 5.75 Å². The van der Waals surface area contributed by atoms with Gasteiger partial charge in [0.25, 0.3) is 15.7 Å². The van der Waals surface area contributed by atoms with Gasteiger partial charge in [-0.2, -0.15) is 0 Å². The number of nitrogens with zero attached hydrogens (tertiary/aromatic N) is 3. The van der Waals surface area contributed by atoms with Crippen molar-refractivity contribution in [3.63, 3.8) is 0 Å². The van der Waals surface area contributed by atoms with Crippen LogP contribution in [0.25, 0.3) is 21.8 Å². The summed E-state index contributed by atoms with van der Waals surface area (Å²) in [5, 5.41) is 24.4. The maximum Gasteiger partial charge on any atom is 0.269 e. The molecular formula is C28H23Br2N3O6S. The fraction of sp³-hybridized carbons (Fsp3) is 0.143. The van der Waals surface area contributed by atoms with Crippen molar-refractivity contribution in [3.8, 4) is 5.75 Å². The Labute approximate surface area is 247 Å². The quantitative estimate of drug-likeness (QED) is 0.140. The number of benzene rings is 4. The Bertz CT molecular complexity index is 1760. The Kier molecular flexibility index (Phi) is 7.87. The average molecular weight is 689 g/mol. The van der Waals surface area contributed by atoms with Crippen molar-refractivity contribution in [2.45, 2.75) is 17.5 Å². The highest BCUT2D eigenvalue weighted by molar-refractivity contribution is 9.10. The number of aromatic nitrogens is 1. The predicted octanol–water partition coefficient (Wildman–Crippen LogP) is 6.49. The number of ether oxygens (including phenoxy) is 1. The Hall–Kier alpha value is -3.45. The first-order valence-corrected chi connectivity index (χ1v) is 15.1. The number of aliphatic hydroxyl groups excluding tert-OH is 1. The van der Waals surface area contributed by atoms with E-state index in [1.54, 1.807) is 24.3 Å². The maximum atomic E-state index is 13.8. The van der Waals surface area contributed by atoms with E-state index in [0.29, 0.717) is 11.4 Å². The van der Waals surface area contributed by atoms with Gasteiger partial charge >= 0.3 is 0 Å². The number of hydrogen-bond donors (Lipinski definition) is 1. The van der Waals surface area contributed by atoms with Gasteiger partial charge in [-0.1, -0.05) is 31.9 Å². The molecule has 5 aromatic rings. The topological polar surface area (TPSA) is 115 Å². The number of sulfonamides is 1. The Morgan fingerprint density at radius 2 is 1.48 bits per heavy atom. The second-order valence-corrected chi connectivity index (χ2v) is 12.8. The van der Waals surface area contributed by atoms with E-state index in [4.69, 9.17) is 4.74 Å². The van der Waals surface area contributed by atoms with Crippen LogP contribution in [-0.2, 0) is 16.6 Å². The molecule has 5 rings (SSSR count). The molecule has 1 aromatic heterocycles. The molecule has 0 radical (unpaired) electrons. The molecule has 0 bridgehead atoms. The number of hydrogen-bond acceptors (Lipinski definition) is 6. The van der Waals surface area contributed by atoms with Crippen molar-refractivity contribution in [2.75, 3.05) is 18.0 Å². The van der Waals surface area contributed by atoms with Crippen LogP contribution < -0.4 is 9.04 Å². The van der Waals surface area contributed by atoms with Gasteiger partial charge in [0.05, 0.1) is 41.8 Å². The van der Waals surface area contributed by atoms with E-state index in [2.05, 4.69) is 31.9 Å². The van der Waals surface area contributed by atoms with Crippen LogP contribution in [0.1, 0.15) is 0 Å². The molecule has 40 heavy (non-hydrogen) atoms. The van der Waals surface area contributed by atoms with Gasteiger partial charge in [0.15, 0.2) is 0 Å². The van der Waals surface area contributed by atoms with E-state index in [9.17, 15) is 23.6 Å². The van der Waals surface area contributed by atoms with Crippen LogP contribution in [0.2, 0.25) is 0 Å². The molecule has 1 heterocycles. The van der Waals surface area contributed by atoms with E-state index in [1.807, 2.05) is 41.0 Å². The maximum absolute atomic E-state index is 13.8. The highest BCUT2D eigenvalue weighted by Crippen LogP contribution is 2.34. The first kappa shape index (κ1) is 28.1. The number of aliphatic hydroxyl groups is 1.